The summed E-state index contributed by atoms with van der Waals surface area (Å²) in [5.74, 6) is 0.341. The monoisotopic (exact) mass is 285 g/mol. The molecule has 106 valence electrons. The average Bonchev–Trinajstić information content (AvgIpc) is 2.70. The smallest absolute Gasteiger partial charge is 0.150 e. The lowest BCUT2D eigenvalue weighted by molar-refractivity contribution is 0.399. The average molecular weight is 285 g/mol. The zero-order valence-corrected chi connectivity index (χ0v) is 12.1. The van der Waals surface area contributed by atoms with Crippen LogP contribution < -0.4 is 5.32 Å². The predicted molar refractivity (Wildman–Crippen MR) is 74.3 cm³/mol. The first-order valence-electron chi connectivity index (χ1n) is 6.63. The van der Waals surface area contributed by atoms with Crippen molar-refractivity contribution in [3.8, 4) is 0 Å². The third kappa shape index (κ3) is 3.34. The Hall–Kier alpha value is -0.940. The van der Waals surface area contributed by atoms with Crippen LogP contribution in [0.5, 0.6) is 0 Å². The minimum Gasteiger partial charge on any atom is -0.310 e. The first-order valence-corrected chi connectivity index (χ1v) is 8.45. The molecule has 2 atom stereocenters. The number of hydrogen-bond donors (Lipinski definition) is 1. The van der Waals surface area contributed by atoms with Gasteiger partial charge in [0.05, 0.1) is 11.5 Å². The van der Waals surface area contributed by atoms with Gasteiger partial charge >= 0.3 is 0 Å². The van der Waals surface area contributed by atoms with Crippen LogP contribution in [0.3, 0.4) is 0 Å². The van der Waals surface area contributed by atoms with Gasteiger partial charge in [0, 0.05) is 6.04 Å². The lowest BCUT2D eigenvalue weighted by atomic mass is 9.91. The van der Waals surface area contributed by atoms with Crippen molar-refractivity contribution in [2.45, 2.75) is 26.3 Å². The van der Waals surface area contributed by atoms with Crippen LogP contribution in [0.15, 0.2) is 18.2 Å². The highest BCUT2D eigenvalue weighted by Crippen LogP contribution is 2.32. The fourth-order valence-corrected chi connectivity index (χ4v) is 4.56. The zero-order chi connectivity index (χ0) is 14.0. The van der Waals surface area contributed by atoms with E-state index >= 15 is 0 Å². The van der Waals surface area contributed by atoms with E-state index in [4.69, 9.17) is 0 Å². The maximum absolute atomic E-state index is 13.3. The van der Waals surface area contributed by atoms with Crippen molar-refractivity contribution >= 4 is 9.84 Å². The molecule has 0 aromatic heterocycles. The van der Waals surface area contributed by atoms with Gasteiger partial charge in [0.2, 0.25) is 0 Å². The second-order valence-electron chi connectivity index (χ2n) is 5.21. The van der Waals surface area contributed by atoms with E-state index in [0.29, 0.717) is 12.0 Å². The number of nitrogens with one attached hydrogen (secondary N) is 1. The molecule has 2 unspecified atom stereocenters. The highest BCUT2D eigenvalue weighted by molar-refractivity contribution is 7.91. The molecule has 1 aromatic carbocycles. The third-order valence-corrected chi connectivity index (χ3v) is 5.50. The molecule has 1 saturated heterocycles. The normalized spacial score (nSPS) is 23.4. The van der Waals surface area contributed by atoms with E-state index in [9.17, 15) is 12.8 Å². The summed E-state index contributed by atoms with van der Waals surface area (Å²) in [6.45, 7) is 4.48. The van der Waals surface area contributed by atoms with Crippen LogP contribution in [0.2, 0.25) is 0 Å². The molecule has 2 rings (SSSR count). The van der Waals surface area contributed by atoms with Crippen molar-refractivity contribution in [3.05, 3.63) is 35.1 Å². The second kappa shape index (κ2) is 5.59. The van der Waals surface area contributed by atoms with Crippen molar-refractivity contribution in [2.24, 2.45) is 5.92 Å². The molecule has 1 heterocycles. The molecule has 0 bridgehead atoms. The topological polar surface area (TPSA) is 46.2 Å². The predicted octanol–water partition coefficient (Wildman–Crippen LogP) is 2.22. The second-order valence-corrected chi connectivity index (χ2v) is 7.44. The van der Waals surface area contributed by atoms with Gasteiger partial charge in [-0.25, -0.2) is 12.8 Å². The number of sulfone groups is 1. The molecule has 3 nitrogen and oxygen atoms in total. The molecule has 1 fully saturated rings. The molecule has 19 heavy (non-hydrogen) atoms. The Morgan fingerprint density at radius 1 is 1.47 bits per heavy atom. The van der Waals surface area contributed by atoms with E-state index in [1.807, 2.05) is 13.0 Å². The fraction of sp³-hybridized carbons (Fsp3) is 0.571. The van der Waals surface area contributed by atoms with E-state index in [1.165, 1.54) is 6.07 Å². The van der Waals surface area contributed by atoms with Gasteiger partial charge in [0.1, 0.15) is 5.82 Å². The molecule has 0 spiro atoms. The minimum atomic E-state index is -2.90. The van der Waals surface area contributed by atoms with Crippen molar-refractivity contribution in [2.75, 3.05) is 18.1 Å². The molecule has 1 aliphatic rings. The molecule has 1 N–H and O–H groups in total. The molecule has 0 aliphatic carbocycles. The Labute approximate surface area is 114 Å². The Morgan fingerprint density at radius 2 is 2.21 bits per heavy atom. The van der Waals surface area contributed by atoms with Gasteiger partial charge in [-0.2, -0.15) is 0 Å². The van der Waals surface area contributed by atoms with Crippen LogP contribution in [-0.2, 0) is 9.84 Å². The highest BCUT2D eigenvalue weighted by Gasteiger charge is 2.34. The van der Waals surface area contributed by atoms with Crippen LogP contribution in [0.4, 0.5) is 4.39 Å². The summed E-state index contributed by atoms with van der Waals surface area (Å²) >= 11 is 0. The number of rotatable bonds is 4. The van der Waals surface area contributed by atoms with Crippen molar-refractivity contribution in [3.63, 3.8) is 0 Å². The first kappa shape index (κ1) is 14.5. The SMILES string of the molecule is CCNC(c1ccc(F)c(C)c1)C1CCS(=O)(=O)C1. The van der Waals surface area contributed by atoms with Gasteiger partial charge in [-0.15, -0.1) is 0 Å². The summed E-state index contributed by atoms with van der Waals surface area (Å²) in [7, 11) is -2.90. The van der Waals surface area contributed by atoms with Gasteiger partial charge in [-0.05, 0) is 43.0 Å². The maximum atomic E-state index is 13.3. The molecule has 5 heteroatoms. The summed E-state index contributed by atoms with van der Waals surface area (Å²) in [6.07, 6.45) is 0.677. The fourth-order valence-electron chi connectivity index (χ4n) is 2.72. The maximum Gasteiger partial charge on any atom is 0.150 e. The molecule has 0 radical (unpaired) electrons. The summed E-state index contributed by atoms with van der Waals surface area (Å²) in [5.41, 5.74) is 1.57. The minimum absolute atomic E-state index is 0.0124. The van der Waals surface area contributed by atoms with Crippen molar-refractivity contribution < 1.29 is 12.8 Å². The molecular formula is C14H20FNO2S. The van der Waals surface area contributed by atoms with Crippen LogP contribution in [-0.4, -0.2) is 26.5 Å². The lowest BCUT2D eigenvalue weighted by Gasteiger charge is -2.24. The Kier molecular flexibility index (Phi) is 4.26. The van der Waals surface area contributed by atoms with Gasteiger partial charge in [0.25, 0.3) is 0 Å². The Bertz CT molecular complexity index is 557. The van der Waals surface area contributed by atoms with E-state index in [2.05, 4.69) is 5.32 Å². The van der Waals surface area contributed by atoms with Gasteiger partial charge in [-0.3, -0.25) is 0 Å². The number of hydrogen-bond acceptors (Lipinski definition) is 3. The summed E-state index contributed by atoms with van der Waals surface area (Å²) in [4.78, 5) is 0. The van der Waals surface area contributed by atoms with Gasteiger partial charge in [0.15, 0.2) is 9.84 Å². The molecule has 1 aliphatic heterocycles. The number of benzene rings is 1. The Morgan fingerprint density at radius 3 is 2.74 bits per heavy atom. The van der Waals surface area contributed by atoms with E-state index in [0.717, 1.165) is 12.1 Å². The van der Waals surface area contributed by atoms with E-state index in [1.54, 1.807) is 13.0 Å². The van der Waals surface area contributed by atoms with E-state index in [-0.39, 0.29) is 29.3 Å². The van der Waals surface area contributed by atoms with Gasteiger partial charge < -0.3 is 5.32 Å². The zero-order valence-electron chi connectivity index (χ0n) is 11.3. The quantitative estimate of drug-likeness (QED) is 0.922. The van der Waals surface area contributed by atoms with Gasteiger partial charge in [-0.1, -0.05) is 19.1 Å². The molecular weight excluding hydrogens is 265 g/mol. The molecule has 0 saturated carbocycles. The highest BCUT2D eigenvalue weighted by atomic mass is 32.2. The number of aryl methyl sites for hydroxylation is 1. The molecule has 0 amide bonds. The third-order valence-electron chi connectivity index (χ3n) is 3.70. The largest absolute Gasteiger partial charge is 0.310 e. The van der Waals surface area contributed by atoms with Crippen LogP contribution >= 0.6 is 0 Å². The summed E-state index contributed by atoms with van der Waals surface area (Å²) in [6, 6.07) is 5.01. The lowest BCUT2D eigenvalue weighted by Crippen LogP contribution is -2.29. The molecule has 1 aromatic rings. The van der Waals surface area contributed by atoms with Crippen LogP contribution in [0, 0.1) is 18.7 Å². The Balaban J connectivity index is 2.27. The van der Waals surface area contributed by atoms with Crippen molar-refractivity contribution in [1.29, 1.82) is 0 Å². The van der Waals surface area contributed by atoms with Crippen LogP contribution in [0.1, 0.15) is 30.5 Å². The summed E-state index contributed by atoms with van der Waals surface area (Å²) in [5, 5.41) is 3.34. The van der Waals surface area contributed by atoms with Crippen molar-refractivity contribution in [1.82, 2.24) is 5.32 Å². The standard InChI is InChI=1S/C14H20FNO2S/c1-3-16-14(12-6-7-19(17,18)9-12)11-4-5-13(15)10(2)8-11/h4-5,8,12,14,16H,3,6-7,9H2,1-2H3. The number of halogens is 1. The first-order chi connectivity index (χ1) is 8.93. The summed E-state index contributed by atoms with van der Waals surface area (Å²) < 4.78 is 36.6. The van der Waals surface area contributed by atoms with E-state index < -0.39 is 9.84 Å². The van der Waals surface area contributed by atoms with Crippen LogP contribution in [0.25, 0.3) is 0 Å².